The van der Waals surface area contributed by atoms with E-state index in [0.717, 1.165) is 0 Å². The van der Waals surface area contributed by atoms with Crippen LogP contribution in [0, 0.1) is 0 Å². The molecule has 0 aromatic carbocycles. The van der Waals surface area contributed by atoms with Gasteiger partial charge in [-0.25, -0.2) is 4.79 Å². The molecule has 0 amide bonds. The standard InChI is InChI=1S/C12H9Cl2NO2S/c13-6-1-3-7(9(14)4-2-6)8-5-18-11(15)10(8)12(16)17/h1,3-5H,2,15H2,(H,16,17). The fourth-order valence-electron chi connectivity index (χ4n) is 1.63. The largest absolute Gasteiger partial charge is 0.478 e. The van der Waals surface area contributed by atoms with Gasteiger partial charge in [0.2, 0.25) is 0 Å². The first kappa shape index (κ1) is 13.2. The molecule has 1 aliphatic rings. The van der Waals surface area contributed by atoms with Crippen molar-refractivity contribution in [2.75, 3.05) is 5.73 Å². The zero-order valence-electron chi connectivity index (χ0n) is 9.11. The van der Waals surface area contributed by atoms with Crippen molar-refractivity contribution in [1.29, 1.82) is 0 Å². The van der Waals surface area contributed by atoms with Crippen LogP contribution in [-0.2, 0) is 0 Å². The third-order valence-electron chi connectivity index (χ3n) is 2.49. The Morgan fingerprint density at radius 1 is 1.39 bits per heavy atom. The lowest BCUT2D eigenvalue weighted by molar-refractivity contribution is 0.0698. The molecule has 6 heteroatoms. The Morgan fingerprint density at radius 2 is 2.11 bits per heavy atom. The lowest BCUT2D eigenvalue weighted by atomic mass is 10.0. The predicted octanol–water partition coefficient (Wildman–Crippen LogP) is 4.06. The van der Waals surface area contributed by atoms with Crippen LogP contribution in [0.1, 0.15) is 22.3 Å². The maximum Gasteiger partial charge on any atom is 0.339 e. The lowest BCUT2D eigenvalue weighted by Gasteiger charge is -2.05. The minimum absolute atomic E-state index is 0.0872. The molecule has 0 aliphatic heterocycles. The first-order valence-corrected chi connectivity index (χ1v) is 6.67. The number of nitrogen functional groups attached to an aromatic ring is 1. The molecule has 94 valence electrons. The highest BCUT2D eigenvalue weighted by atomic mass is 35.5. The van der Waals surface area contributed by atoms with Gasteiger partial charge in [-0.1, -0.05) is 35.4 Å². The van der Waals surface area contributed by atoms with Gasteiger partial charge in [-0.05, 0) is 6.08 Å². The smallest absolute Gasteiger partial charge is 0.339 e. The second-order valence-corrected chi connectivity index (χ2v) is 5.45. The van der Waals surface area contributed by atoms with E-state index in [1.807, 2.05) is 0 Å². The molecule has 0 radical (unpaired) electrons. The molecular formula is C12H9Cl2NO2S. The zero-order chi connectivity index (χ0) is 13.3. The molecule has 1 aliphatic carbocycles. The third-order valence-corrected chi connectivity index (χ3v) is 3.94. The minimum Gasteiger partial charge on any atom is -0.478 e. The van der Waals surface area contributed by atoms with Crippen molar-refractivity contribution >= 4 is 51.1 Å². The number of carbonyl (C=O) groups is 1. The Hall–Kier alpha value is -1.23. The molecule has 0 saturated carbocycles. The number of anilines is 1. The van der Waals surface area contributed by atoms with Gasteiger partial charge in [0.25, 0.3) is 0 Å². The molecule has 3 N–H and O–H groups in total. The van der Waals surface area contributed by atoms with E-state index >= 15 is 0 Å². The second-order valence-electron chi connectivity index (χ2n) is 3.64. The number of aromatic carboxylic acids is 1. The number of hydrogen-bond donors (Lipinski definition) is 2. The van der Waals surface area contributed by atoms with E-state index in [0.29, 0.717) is 27.6 Å². The molecule has 0 atom stereocenters. The third kappa shape index (κ3) is 2.46. The molecular weight excluding hydrogens is 293 g/mol. The fourth-order valence-corrected chi connectivity index (χ4v) is 2.82. The summed E-state index contributed by atoms with van der Waals surface area (Å²) in [7, 11) is 0. The lowest BCUT2D eigenvalue weighted by Crippen LogP contribution is -2.02. The van der Waals surface area contributed by atoms with Crippen molar-refractivity contribution in [2.45, 2.75) is 6.42 Å². The Balaban J connectivity index is 2.58. The van der Waals surface area contributed by atoms with E-state index in [-0.39, 0.29) is 10.6 Å². The number of carboxylic acids is 1. The number of hydrogen-bond acceptors (Lipinski definition) is 3. The van der Waals surface area contributed by atoms with E-state index in [2.05, 4.69) is 0 Å². The average molecular weight is 302 g/mol. The molecule has 0 unspecified atom stereocenters. The predicted molar refractivity (Wildman–Crippen MR) is 76.2 cm³/mol. The molecule has 0 saturated heterocycles. The minimum atomic E-state index is -1.06. The molecule has 0 spiro atoms. The summed E-state index contributed by atoms with van der Waals surface area (Å²) in [5.41, 5.74) is 6.90. The van der Waals surface area contributed by atoms with Crippen molar-refractivity contribution < 1.29 is 9.90 Å². The van der Waals surface area contributed by atoms with Crippen LogP contribution < -0.4 is 5.73 Å². The first-order valence-electron chi connectivity index (χ1n) is 5.03. The summed E-state index contributed by atoms with van der Waals surface area (Å²) in [6.45, 7) is 0. The van der Waals surface area contributed by atoms with Crippen molar-refractivity contribution in [1.82, 2.24) is 0 Å². The molecule has 3 nitrogen and oxygen atoms in total. The maximum absolute atomic E-state index is 11.2. The topological polar surface area (TPSA) is 63.3 Å². The van der Waals surface area contributed by atoms with Gasteiger partial charge in [-0.2, -0.15) is 0 Å². The molecule has 18 heavy (non-hydrogen) atoms. The van der Waals surface area contributed by atoms with Crippen LogP contribution in [0.4, 0.5) is 5.00 Å². The number of thiophene rings is 1. The SMILES string of the molecule is Nc1scc(C2=CC=C(Cl)CC=C2Cl)c1C(=O)O. The van der Waals surface area contributed by atoms with Gasteiger partial charge < -0.3 is 10.8 Å². The summed E-state index contributed by atoms with van der Waals surface area (Å²) in [5, 5.41) is 12.2. The highest BCUT2D eigenvalue weighted by Gasteiger charge is 2.21. The average Bonchev–Trinajstić information content (AvgIpc) is 2.60. The van der Waals surface area contributed by atoms with Crippen molar-refractivity contribution in [3.63, 3.8) is 0 Å². The van der Waals surface area contributed by atoms with Gasteiger partial charge in [0, 0.05) is 33.0 Å². The molecule has 0 bridgehead atoms. The van der Waals surface area contributed by atoms with Gasteiger partial charge in [0.1, 0.15) is 10.6 Å². The van der Waals surface area contributed by atoms with Gasteiger partial charge in [-0.15, -0.1) is 11.3 Å². The van der Waals surface area contributed by atoms with Gasteiger partial charge >= 0.3 is 5.97 Å². The van der Waals surface area contributed by atoms with Crippen LogP contribution >= 0.6 is 34.5 Å². The van der Waals surface area contributed by atoms with Crippen LogP contribution in [-0.4, -0.2) is 11.1 Å². The van der Waals surface area contributed by atoms with Crippen molar-refractivity contribution in [3.05, 3.63) is 44.8 Å². The number of halogens is 2. The highest BCUT2D eigenvalue weighted by Crippen LogP contribution is 2.37. The molecule has 0 fully saturated rings. The second kappa shape index (κ2) is 5.18. The quantitative estimate of drug-likeness (QED) is 0.866. The van der Waals surface area contributed by atoms with E-state index in [1.54, 1.807) is 23.6 Å². The van der Waals surface area contributed by atoms with Gasteiger partial charge in [0.05, 0.1) is 0 Å². The summed E-state index contributed by atoms with van der Waals surface area (Å²) in [5.74, 6) is -1.06. The summed E-state index contributed by atoms with van der Waals surface area (Å²) in [4.78, 5) is 11.2. The Bertz CT molecular complexity index is 599. The fraction of sp³-hybridized carbons (Fsp3) is 0.0833. The Labute approximate surface area is 118 Å². The zero-order valence-corrected chi connectivity index (χ0v) is 11.4. The first-order chi connectivity index (χ1) is 8.50. The number of carboxylic acid groups (broad SMARTS) is 1. The molecule has 1 aromatic heterocycles. The van der Waals surface area contributed by atoms with Crippen LogP contribution in [0.2, 0.25) is 0 Å². The highest BCUT2D eigenvalue weighted by molar-refractivity contribution is 7.14. The molecule has 2 rings (SSSR count). The normalized spacial score (nSPS) is 15.6. The molecule has 1 aromatic rings. The number of rotatable bonds is 2. The van der Waals surface area contributed by atoms with E-state index < -0.39 is 5.97 Å². The summed E-state index contributed by atoms with van der Waals surface area (Å²) < 4.78 is 0. The van der Waals surface area contributed by atoms with Gasteiger partial charge in [-0.3, -0.25) is 0 Å². The Morgan fingerprint density at radius 3 is 2.78 bits per heavy atom. The number of nitrogens with two attached hydrogens (primary N) is 1. The Kier molecular flexibility index (Phi) is 3.80. The van der Waals surface area contributed by atoms with E-state index in [9.17, 15) is 9.90 Å². The molecule has 1 heterocycles. The van der Waals surface area contributed by atoms with Gasteiger partial charge in [0.15, 0.2) is 0 Å². The van der Waals surface area contributed by atoms with Crippen LogP contribution in [0.15, 0.2) is 33.7 Å². The van der Waals surface area contributed by atoms with Crippen LogP contribution in [0.5, 0.6) is 0 Å². The monoisotopic (exact) mass is 301 g/mol. The van der Waals surface area contributed by atoms with Crippen molar-refractivity contribution in [2.24, 2.45) is 0 Å². The summed E-state index contributed by atoms with van der Waals surface area (Å²) in [6, 6.07) is 0. The van der Waals surface area contributed by atoms with Crippen LogP contribution in [0.25, 0.3) is 5.57 Å². The van der Waals surface area contributed by atoms with E-state index in [1.165, 1.54) is 11.3 Å². The number of allylic oxidation sites excluding steroid dienone is 6. The summed E-state index contributed by atoms with van der Waals surface area (Å²) >= 11 is 13.2. The van der Waals surface area contributed by atoms with Crippen LogP contribution in [0.3, 0.4) is 0 Å². The van der Waals surface area contributed by atoms with Crippen molar-refractivity contribution in [3.8, 4) is 0 Å². The maximum atomic E-state index is 11.2. The summed E-state index contributed by atoms with van der Waals surface area (Å²) in [6.07, 6.45) is 5.70. The van der Waals surface area contributed by atoms with E-state index in [4.69, 9.17) is 28.9 Å².